The summed E-state index contributed by atoms with van der Waals surface area (Å²) in [4.78, 5) is 20.8. The largest absolute Gasteiger partial charge is 0.298 e. The molecular formula is C15H9Cl2N3OS. The van der Waals surface area contributed by atoms with Gasteiger partial charge in [-0.05, 0) is 30.3 Å². The number of thiazole rings is 1. The Morgan fingerprint density at radius 1 is 1.09 bits per heavy atom. The fraction of sp³-hybridized carbons (Fsp3) is 0. The molecule has 110 valence electrons. The topological polar surface area (TPSA) is 54.9 Å². The maximum Gasteiger partial charge on any atom is 0.257 e. The zero-order chi connectivity index (χ0) is 15.5. The van der Waals surface area contributed by atoms with Gasteiger partial charge in [0.2, 0.25) is 0 Å². The van der Waals surface area contributed by atoms with Crippen LogP contribution in [0.4, 0.5) is 5.13 Å². The first kappa shape index (κ1) is 15.0. The number of carbonyl (C=O) groups excluding carboxylic acids is 1. The molecule has 0 saturated heterocycles. The number of rotatable bonds is 3. The summed E-state index contributed by atoms with van der Waals surface area (Å²) in [7, 11) is 0. The van der Waals surface area contributed by atoms with E-state index in [9.17, 15) is 4.79 Å². The monoisotopic (exact) mass is 349 g/mol. The van der Waals surface area contributed by atoms with Gasteiger partial charge in [-0.3, -0.25) is 15.1 Å². The molecule has 22 heavy (non-hydrogen) atoms. The molecule has 0 fully saturated rings. The van der Waals surface area contributed by atoms with Crippen molar-refractivity contribution < 1.29 is 4.79 Å². The molecule has 0 radical (unpaired) electrons. The smallest absolute Gasteiger partial charge is 0.257 e. The zero-order valence-electron chi connectivity index (χ0n) is 11.1. The fourth-order valence-electron chi connectivity index (χ4n) is 1.82. The normalized spacial score (nSPS) is 10.5. The molecule has 3 aromatic rings. The number of hydrogen-bond acceptors (Lipinski definition) is 4. The summed E-state index contributed by atoms with van der Waals surface area (Å²) in [6.45, 7) is 0. The maximum atomic E-state index is 12.2. The van der Waals surface area contributed by atoms with Gasteiger partial charge in [0.25, 0.3) is 5.91 Å². The molecule has 3 rings (SSSR count). The number of carbonyl (C=O) groups is 1. The number of aromatic nitrogens is 2. The highest BCUT2D eigenvalue weighted by Gasteiger charge is 2.11. The summed E-state index contributed by atoms with van der Waals surface area (Å²) in [6, 6.07) is 10.3. The lowest BCUT2D eigenvalue weighted by Gasteiger charge is -2.03. The van der Waals surface area contributed by atoms with Crippen LogP contribution in [0.3, 0.4) is 0 Å². The summed E-state index contributed by atoms with van der Waals surface area (Å²) in [5, 5.41) is 5.87. The lowest BCUT2D eigenvalue weighted by molar-refractivity contribution is 0.102. The molecule has 2 heterocycles. The van der Waals surface area contributed by atoms with Crippen molar-refractivity contribution in [1.29, 1.82) is 0 Å². The van der Waals surface area contributed by atoms with Crippen LogP contribution < -0.4 is 5.32 Å². The second-order valence-corrected chi connectivity index (χ2v) is 6.10. The number of pyridine rings is 1. The molecule has 7 heteroatoms. The van der Waals surface area contributed by atoms with Crippen LogP contribution in [0.2, 0.25) is 10.0 Å². The van der Waals surface area contributed by atoms with Gasteiger partial charge in [0.1, 0.15) is 5.69 Å². The highest BCUT2D eigenvalue weighted by Crippen LogP contribution is 2.24. The molecule has 1 amide bonds. The van der Waals surface area contributed by atoms with Gasteiger partial charge in [-0.15, -0.1) is 11.3 Å². The Balaban J connectivity index is 1.79. The third kappa shape index (κ3) is 3.44. The lowest BCUT2D eigenvalue weighted by Crippen LogP contribution is -2.11. The fourth-order valence-corrected chi connectivity index (χ4v) is 3.04. The molecule has 0 aliphatic rings. The highest BCUT2D eigenvalue weighted by atomic mass is 35.5. The van der Waals surface area contributed by atoms with Crippen molar-refractivity contribution in [1.82, 2.24) is 9.97 Å². The first-order valence-corrected chi connectivity index (χ1v) is 7.90. The Morgan fingerprint density at radius 2 is 1.86 bits per heavy atom. The van der Waals surface area contributed by atoms with E-state index in [4.69, 9.17) is 23.2 Å². The van der Waals surface area contributed by atoms with Crippen molar-refractivity contribution in [2.24, 2.45) is 0 Å². The Labute approximate surface area is 140 Å². The van der Waals surface area contributed by atoms with Crippen LogP contribution in [0.15, 0.2) is 48.0 Å². The number of amides is 1. The standard InChI is InChI=1S/C15H9Cl2N3OS/c16-10-5-9(6-11(17)7-10)14(21)20-15-19-13(8-22-15)12-3-1-2-4-18-12/h1-8H,(H,19,20,21). The maximum absolute atomic E-state index is 12.2. The summed E-state index contributed by atoms with van der Waals surface area (Å²) in [5.74, 6) is -0.314. The molecule has 0 bridgehead atoms. The van der Waals surface area contributed by atoms with Gasteiger partial charge in [-0.1, -0.05) is 29.3 Å². The molecule has 0 aliphatic heterocycles. The van der Waals surface area contributed by atoms with E-state index < -0.39 is 0 Å². The first-order valence-electron chi connectivity index (χ1n) is 6.26. The van der Waals surface area contributed by atoms with Crippen molar-refractivity contribution in [3.63, 3.8) is 0 Å². The number of anilines is 1. The Bertz CT molecular complexity index is 800. The third-order valence-electron chi connectivity index (χ3n) is 2.78. The van der Waals surface area contributed by atoms with E-state index in [1.165, 1.54) is 11.3 Å². The summed E-state index contributed by atoms with van der Waals surface area (Å²) >= 11 is 13.1. The average Bonchev–Trinajstić information content (AvgIpc) is 2.95. The molecule has 0 saturated carbocycles. The Morgan fingerprint density at radius 3 is 2.55 bits per heavy atom. The summed E-state index contributed by atoms with van der Waals surface area (Å²) in [6.07, 6.45) is 1.70. The lowest BCUT2D eigenvalue weighted by atomic mass is 10.2. The molecule has 1 N–H and O–H groups in total. The van der Waals surface area contributed by atoms with Gasteiger partial charge < -0.3 is 0 Å². The van der Waals surface area contributed by atoms with Crippen LogP contribution in [0.1, 0.15) is 10.4 Å². The Hall–Kier alpha value is -1.95. The first-order chi connectivity index (χ1) is 10.6. The van der Waals surface area contributed by atoms with E-state index in [0.717, 1.165) is 5.69 Å². The predicted octanol–water partition coefficient (Wildman–Crippen LogP) is 4.76. The van der Waals surface area contributed by atoms with Crippen molar-refractivity contribution >= 4 is 45.6 Å². The molecule has 4 nitrogen and oxygen atoms in total. The van der Waals surface area contributed by atoms with Gasteiger partial charge in [0, 0.05) is 27.2 Å². The van der Waals surface area contributed by atoms with Gasteiger partial charge in [0.15, 0.2) is 5.13 Å². The quantitative estimate of drug-likeness (QED) is 0.741. The highest BCUT2D eigenvalue weighted by molar-refractivity contribution is 7.14. The molecule has 0 unspecified atom stereocenters. The van der Waals surface area contributed by atoms with Crippen LogP contribution in [0.5, 0.6) is 0 Å². The van der Waals surface area contributed by atoms with Gasteiger partial charge >= 0.3 is 0 Å². The van der Waals surface area contributed by atoms with Crippen LogP contribution in [-0.2, 0) is 0 Å². The van der Waals surface area contributed by atoms with Crippen molar-refractivity contribution in [2.75, 3.05) is 5.32 Å². The number of nitrogens with one attached hydrogen (secondary N) is 1. The van der Waals surface area contributed by atoms with E-state index in [2.05, 4.69) is 15.3 Å². The second kappa shape index (κ2) is 6.44. The van der Waals surface area contributed by atoms with Crippen LogP contribution in [0, 0.1) is 0 Å². The predicted molar refractivity (Wildman–Crippen MR) is 89.8 cm³/mol. The van der Waals surface area contributed by atoms with Gasteiger partial charge in [-0.2, -0.15) is 0 Å². The van der Waals surface area contributed by atoms with E-state index in [1.807, 2.05) is 23.6 Å². The number of nitrogens with zero attached hydrogens (tertiary/aromatic N) is 2. The minimum atomic E-state index is -0.314. The van der Waals surface area contributed by atoms with Gasteiger partial charge in [0.05, 0.1) is 5.69 Å². The molecule has 0 aliphatic carbocycles. The SMILES string of the molecule is O=C(Nc1nc(-c2ccccn2)cs1)c1cc(Cl)cc(Cl)c1. The number of benzene rings is 1. The second-order valence-electron chi connectivity index (χ2n) is 4.37. The molecule has 1 aromatic carbocycles. The molecule has 0 atom stereocenters. The zero-order valence-corrected chi connectivity index (χ0v) is 13.4. The molecule has 0 spiro atoms. The van der Waals surface area contributed by atoms with Crippen molar-refractivity contribution in [3.05, 3.63) is 63.6 Å². The number of hydrogen-bond donors (Lipinski definition) is 1. The van der Waals surface area contributed by atoms with Crippen LogP contribution in [0.25, 0.3) is 11.4 Å². The summed E-state index contributed by atoms with van der Waals surface area (Å²) < 4.78 is 0. The minimum absolute atomic E-state index is 0.314. The Kier molecular flexibility index (Phi) is 4.38. The van der Waals surface area contributed by atoms with Crippen LogP contribution >= 0.6 is 34.5 Å². The van der Waals surface area contributed by atoms with E-state index >= 15 is 0 Å². The molecular weight excluding hydrogens is 341 g/mol. The van der Waals surface area contributed by atoms with Crippen molar-refractivity contribution in [2.45, 2.75) is 0 Å². The van der Waals surface area contributed by atoms with Gasteiger partial charge in [-0.25, -0.2) is 4.98 Å². The number of halogens is 2. The third-order valence-corrected chi connectivity index (χ3v) is 3.97. The minimum Gasteiger partial charge on any atom is -0.298 e. The molecule has 2 aromatic heterocycles. The van der Waals surface area contributed by atoms with Crippen LogP contribution in [-0.4, -0.2) is 15.9 Å². The van der Waals surface area contributed by atoms with E-state index in [0.29, 0.717) is 26.4 Å². The average molecular weight is 350 g/mol. The van der Waals surface area contributed by atoms with E-state index in [1.54, 1.807) is 24.4 Å². The van der Waals surface area contributed by atoms with E-state index in [-0.39, 0.29) is 5.91 Å². The van der Waals surface area contributed by atoms with Crippen molar-refractivity contribution in [3.8, 4) is 11.4 Å². The summed E-state index contributed by atoms with van der Waals surface area (Å²) in [5.41, 5.74) is 1.85.